The predicted molar refractivity (Wildman–Crippen MR) is 112 cm³/mol. The first-order valence-electron chi connectivity index (χ1n) is 10.5. The second kappa shape index (κ2) is 6.10. The highest BCUT2D eigenvalue weighted by molar-refractivity contribution is 5.97. The van der Waals surface area contributed by atoms with Crippen LogP contribution in [0.15, 0.2) is 42.5 Å². The Kier molecular flexibility index (Phi) is 3.89. The number of carboxylic acid groups (broad SMARTS) is 1. The molecule has 5 rings (SSSR count). The average Bonchev–Trinajstić information content (AvgIpc) is 3.30. The maximum atomic E-state index is 12.8. The largest absolute Gasteiger partial charge is 0.486 e. The fourth-order valence-electron chi connectivity index (χ4n) is 6.29. The molecule has 2 fully saturated rings. The average molecular weight is 406 g/mol. The zero-order valence-corrected chi connectivity index (χ0v) is 17.5. The highest BCUT2D eigenvalue weighted by Crippen LogP contribution is 2.73. The quantitative estimate of drug-likeness (QED) is 0.717. The summed E-state index contributed by atoms with van der Waals surface area (Å²) < 4.78 is 12.1. The minimum atomic E-state index is -0.993. The van der Waals surface area contributed by atoms with Gasteiger partial charge in [-0.3, -0.25) is 4.79 Å². The number of carbonyl (C=O) groups excluding carboxylic acids is 1. The maximum Gasteiger partial charge on any atom is 0.335 e. The number of rotatable bonds is 5. The zero-order valence-electron chi connectivity index (χ0n) is 17.5. The van der Waals surface area contributed by atoms with Crippen molar-refractivity contribution in [3.63, 3.8) is 0 Å². The fraction of sp³-hybridized carbons (Fsp3) is 0.440. The number of carbonyl (C=O) groups is 2. The Labute approximate surface area is 176 Å². The number of ketones is 1. The Bertz CT molecular complexity index is 1060. The second-order valence-corrected chi connectivity index (χ2v) is 9.59. The summed E-state index contributed by atoms with van der Waals surface area (Å²) >= 11 is 0. The van der Waals surface area contributed by atoms with Crippen LogP contribution in [0, 0.1) is 11.3 Å². The fourth-order valence-corrected chi connectivity index (χ4v) is 6.29. The molecule has 1 heterocycles. The van der Waals surface area contributed by atoms with Gasteiger partial charge in [0.05, 0.1) is 5.56 Å². The van der Waals surface area contributed by atoms with Crippen LogP contribution in [0.3, 0.4) is 0 Å². The summed E-state index contributed by atoms with van der Waals surface area (Å²) in [6, 6.07) is 11.8. The van der Waals surface area contributed by atoms with E-state index in [-0.39, 0.29) is 34.4 Å². The number of hydrogen-bond acceptors (Lipinski definition) is 4. The van der Waals surface area contributed by atoms with Gasteiger partial charge < -0.3 is 14.6 Å². The van der Waals surface area contributed by atoms with Gasteiger partial charge in [-0.15, -0.1) is 0 Å². The molecule has 0 aromatic heterocycles. The highest BCUT2D eigenvalue weighted by Gasteiger charge is 2.73. The lowest BCUT2D eigenvalue weighted by atomic mass is 9.56. The predicted octanol–water partition coefficient (Wildman–Crippen LogP) is 4.88. The molecule has 2 aromatic rings. The SMILES string of the molecule is CC12CCC(C1)C1(C)Oc3ccc(C(=O)COc4ccc(C(=O)O)cc4)cc3C21C. The Balaban J connectivity index is 1.38. The number of aromatic carboxylic acids is 1. The molecule has 3 aliphatic rings. The number of hydrogen-bond donors (Lipinski definition) is 1. The molecule has 4 atom stereocenters. The van der Waals surface area contributed by atoms with Crippen molar-refractivity contribution in [3.8, 4) is 11.5 Å². The summed E-state index contributed by atoms with van der Waals surface area (Å²) in [5, 5.41) is 8.98. The van der Waals surface area contributed by atoms with E-state index in [4.69, 9.17) is 14.6 Å². The molecule has 2 saturated carbocycles. The van der Waals surface area contributed by atoms with Crippen molar-refractivity contribution in [2.24, 2.45) is 11.3 Å². The summed E-state index contributed by atoms with van der Waals surface area (Å²) in [5.74, 6) is 0.826. The van der Waals surface area contributed by atoms with Crippen molar-refractivity contribution in [1.29, 1.82) is 0 Å². The molecular formula is C25H26O5. The van der Waals surface area contributed by atoms with E-state index in [1.807, 2.05) is 18.2 Å². The van der Waals surface area contributed by atoms with Gasteiger partial charge in [-0.25, -0.2) is 4.79 Å². The van der Waals surface area contributed by atoms with E-state index in [1.165, 1.54) is 31.4 Å². The summed E-state index contributed by atoms with van der Waals surface area (Å²) in [7, 11) is 0. The Morgan fingerprint density at radius 2 is 1.80 bits per heavy atom. The van der Waals surface area contributed by atoms with Crippen LogP contribution in [-0.4, -0.2) is 29.1 Å². The molecule has 156 valence electrons. The van der Waals surface area contributed by atoms with E-state index in [2.05, 4.69) is 20.8 Å². The molecule has 30 heavy (non-hydrogen) atoms. The Morgan fingerprint density at radius 1 is 1.10 bits per heavy atom. The first-order chi connectivity index (χ1) is 14.2. The van der Waals surface area contributed by atoms with Crippen LogP contribution in [0.2, 0.25) is 0 Å². The monoisotopic (exact) mass is 406 g/mol. The molecule has 1 N–H and O–H groups in total. The number of benzene rings is 2. The van der Waals surface area contributed by atoms with Crippen LogP contribution in [0.1, 0.15) is 66.3 Å². The van der Waals surface area contributed by atoms with Gasteiger partial charge in [0, 0.05) is 16.5 Å². The van der Waals surface area contributed by atoms with Gasteiger partial charge in [-0.05, 0) is 80.0 Å². The minimum Gasteiger partial charge on any atom is -0.486 e. The molecule has 1 aliphatic heterocycles. The molecule has 5 heteroatoms. The lowest BCUT2D eigenvalue weighted by Crippen LogP contribution is -2.54. The number of ether oxygens (including phenoxy) is 2. The third-order valence-electron chi connectivity index (χ3n) is 8.35. The van der Waals surface area contributed by atoms with Crippen LogP contribution < -0.4 is 9.47 Å². The van der Waals surface area contributed by atoms with Gasteiger partial charge >= 0.3 is 5.97 Å². The molecule has 2 aromatic carbocycles. The molecule has 0 amide bonds. The van der Waals surface area contributed by atoms with E-state index >= 15 is 0 Å². The van der Waals surface area contributed by atoms with Gasteiger partial charge in [-0.2, -0.15) is 0 Å². The third kappa shape index (κ3) is 2.35. The first kappa shape index (κ1) is 19.2. The van der Waals surface area contributed by atoms with Gasteiger partial charge in [0.15, 0.2) is 12.4 Å². The van der Waals surface area contributed by atoms with Crippen LogP contribution in [-0.2, 0) is 5.41 Å². The van der Waals surface area contributed by atoms with Gasteiger partial charge in [0.2, 0.25) is 0 Å². The topological polar surface area (TPSA) is 72.8 Å². The molecule has 0 spiro atoms. The van der Waals surface area contributed by atoms with Gasteiger partial charge in [0.1, 0.15) is 17.1 Å². The third-order valence-corrected chi connectivity index (χ3v) is 8.35. The Hall–Kier alpha value is -2.82. The molecule has 5 nitrogen and oxygen atoms in total. The van der Waals surface area contributed by atoms with Crippen LogP contribution in [0.5, 0.6) is 11.5 Å². The van der Waals surface area contributed by atoms with E-state index in [1.54, 1.807) is 12.1 Å². The normalized spacial score (nSPS) is 33.0. The first-order valence-corrected chi connectivity index (χ1v) is 10.5. The van der Waals surface area contributed by atoms with Gasteiger partial charge in [0.25, 0.3) is 0 Å². The standard InChI is InChI=1S/C25H26O5/c1-23-11-10-17(13-23)25(3)24(23,2)19-12-16(6-9-21(19)30-25)20(26)14-29-18-7-4-15(5-8-18)22(27)28/h4-9,12,17H,10-11,13-14H2,1-3H3,(H,27,28). The summed E-state index contributed by atoms with van der Waals surface area (Å²) in [5.41, 5.74) is 1.81. The summed E-state index contributed by atoms with van der Waals surface area (Å²) in [4.78, 5) is 23.8. The second-order valence-electron chi connectivity index (χ2n) is 9.59. The number of Topliss-reactive ketones (excluding diaryl/α,β-unsaturated/α-hetero) is 1. The van der Waals surface area contributed by atoms with E-state index in [9.17, 15) is 9.59 Å². The minimum absolute atomic E-state index is 0.0973. The lowest BCUT2D eigenvalue weighted by molar-refractivity contribution is -0.0260. The van der Waals surface area contributed by atoms with Crippen molar-refractivity contribution < 1.29 is 24.2 Å². The van der Waals surface area contributed by atoms with Crippen LogP contribution in [0.4, 0.5) is 0 Å². The van der Waals surface area contributed by atoms with Crippen LogP contribution >= 0.6 is 0 Å². The Morgan fingerprint density at radius 3 is 2.50 bits per heavy atom. The van der Waals surface area contributed by atoms with Crippen molar-refractivity contribution in [3.05, 3.63) is 59.2 Å². The van der Waals surface area contributed by atoms with Gasteiger partial charge in [-0.1, -0.05) is 13.8 Å². The zero-order chi connectivity index (χ0) is 21.3. The maximum absolute atomic E-state index is 12.8. The molecule has 0 saturated heterocycles. The lowest BCUT2D eigenvalue weighted by Gasteiger charge is -2.48. The molecule has 2 aliphatic carbocycles. The molecule has 4 unspecified atom stereocenters. The smallest absolute Gasteiger partial charge is 0.335 e. The van der Waals surface area contributed by atoms with Crippen molar-refractivity contribution in [2.45, 2.75) is 51.0 Å². The van der Waals surface area contributed by atoms with Crippen molar-refractivity contribution >= 4 is 11.8 Å². The van der Waals surface area contributed by atoms with E-state index < -0.39 is 5.97 Å². The van der Waals surface area contributed by atoms with Crippen LogP contribution in [0.25, 0.3) is 0 Å². The molecule has 2 bridgehead atoms. The van der Waals surface area contributed by atoms with Crippen molar-refractivity contribution in [1.82, 2.24) is 0 Å². The summed E-state index contributed by atoms with van der Waals surface area (Å²) in [6.07, 6.45) is 3.57. The molecule has 0 radical (unpaired) electrons. The number of carboxylic acids is 1. The van der Waals surface area contributed by atoms with E-state index in [0.717, 1.165) is 11.3 Å². The highest BCUT2D eigenvalue weighted by atomic mass is 16.5. The molecular weight excluding hydrogens is 380 g/mol. The van der Waals surface area contributed by atoms with Crippen molar-refractivity contribution in [2.75, 3.05) is 6.61 Å². The number of fused-ring (bicyclic) bond motifs is 7. The van der Waals surface area contributed by atoms with E-state index in [0.29, 0.717) is 17.2 Å². The summed E-state index contributed by atoms with van der Waals surface area (Å²) in [6.45, 7) is 6.83.